The number of aliphatic hydroxyl groups is 2. The summed E-state index contributed by atoms with van der Waals surface area (Å²) in [5, 5.41) is 40.9. The van der Waals surface area contributed by atoms with E-state index < -0.39 is 30.1 Å². The van der Waals surface area contributed by atoms with Crippen LogP contribution in [0.4, 0.5) is 0 Å². The fraction of sp³-hybridized carbons (Fsp3) is 0.812. The second-order valence-electron chi connectivity index (χ2n) is 5.54. The van der Waals surface area contributed by atoms with Gasteiger partial charge in [0.15, 0.2) is 12.2 Å². The highest BCUT2D eigenvalue weighted by Gasteiger charge is 2.29. The summed E-state index contributed by atoms with van der Waals surface area (Å²) in [4.78, 5) is 29.8. The van der Waals surface area contributed by atoms with Crippen molar-refractivity contribution in [3.63, 3.8) is 0 Å². The Balaban J connectivity index is 0. The zero-order chi connectivity index (χ0) is 19.0. The van der Waals surface area contributed by atoms with Crippen molar-refractivity contribution in [2.75, 3.05) is 0 Å². The van der Waals surface area contributed by atoms with Gasteiger partial charge in [0.25, 0.3) is 0 Å². The Morgan fingerprint density at radius 2 is 1.00 bits per heavy atom. The Bertz CT molecular complexity index is 338. The van der Waals surface area contributed by atoms with Crippen molar-refractivity contribution < 1.29 is 39.9 Å². The second kappa shape index (κ2) is 16.2. The monoisotopic (exact) mass is 350 g/mol. The molecule has 0 saturated heterocycles. The average molecular weight is 350 g/mol. The van der Waals surface area contributed by atoms with Crippen molar-refractivity contribution in [1.82, 2.24) is 0 Å². The largest absolute Gasteiger partial charge is 0.481 e. The van der Waals surface area contributed by atoms with Gasteiger partial charge < -0.3 is 25.5 Å². The summed E-state index contributed by atoms with van der Waals surface area (Å²) >= 11 is 0. The fourth-order valence-electron chi connectivity index (χ4n) is 1.86. The SMILES string of the molecule is CCCCCCCCCCCC(=O)O.O=C(O)C(O)C(O)C(=O)O. The zero-order valence-electron chi connectivity index (χ0n) is 14.2. The number of rotatable bonds is 13. The molecule has 5 N–H and O–H groups in total. The maximum atomic E-state index is 10.2. The number of carbonyl (C=O) groups is 3. The highest BCUT2D eigenvalue weighted by atomic mass is 16.4. The van der Waals surface area contributed by atoms with Crippen LogP contribution in [-0.4, -0.2) is 55.6 Å². The predicted octanol–water partition coefficient (Wildman–Crippen LogP) is 1.87. The Hall–Kier alpha value is -1.67. The van der Waals surface area contributed by atoms with E-state index in [1.165, 1.54) is 44.9 Å². The van der Waals surface area contributed by atoms with Crippen molar-refractivity contribution in [1.29, 1.82) is 0 Å². The van der Waals surface area contributed by atoms with Gasteiger partial charge in [0, 0.05) is 6.42 Å². The topological polar surface area (TPSA) is 152 Å². The minimum absolute atomic E-state index is 0.343. The number of unbranched alkanes of at least 4 members (excludes halogenated alkanes) is 8. The van der Waals surface area contributed by atoms with E-state index in [0.717, 1.165) is 12.8 Å². The molecular formula is C16H30O8. The van der Waals surface area contributed by atoms with Crippen LogP contribution in [0.25, 0.3) is 0 Å². The first-order chi connectivity index (χ1) is 11.2. The van der Waals surface area contributed by atoms with Gasteiger partial charge in [0.2, 0.25) is 0 Å². The van der Waals surface area contributed by atoms with Crippen molar-refractivity contribution in [3.8, 4) is 0 Å². The minimum Gasteiger partial charge on any atom is -0.481 e. The molecular weight excluding hydrogens is 320 g/mol. The van der Waals surface area contributed by atoms with Gasteiger partial charge in [-0.2, -0.15) is 0 Å². The smallest absolute Gasteiger partial charge is 0.335 e. The van der Waals surface area contributed by atoms with Gasteiger partial charge in [-0.05, 0) is 6.42 Å². The number of aliphatic carboxylic acids is 3. The van der Waals surface area contributed by atoms with Crippen molar-refractivity contribution in [2.24, 2.45) is 0 Å². The van der Waals surface area contributed by atoms with Crippen LogP contribution < -0.4 is 0 Å². The maximum Gasteiger partial charge on any atom is 0.335 e. The molecule has 0 bridgehead atoms. The molecule has 0 aromatic rings. The first-order valence-corrected chi connectivity index (χ1v) is 8.27. The van der Waals surface area contributed by atoms with Gasteiger partial charge in [0.05, 0.1) is 0 Å². The molecule has 0 aliphatic rings. The summed E-state index contributed by atoms with van der Waals surface area (Å²) in [5.74, 6) is -4.20. The van der Waals surface area contributed by atoms with Crippen LogP contribution in [-0.2, 0) is 14.4 Å². The lowest BCUT2D eigenvalue weighted by molar-refractivity contribution is -0.165. The average Bonchev–Trinajstić information content (AvgIpc) is 2.52. The summed E-state index contributed by atoms with van der Waals surface area (Å²) in [6.45, 7) is 2.23. The van der Waals surface area contributed by atoms with E-state index in [-0.39, 0.29) is 0 Å². The van der Waals surface area contributed by atoms with E-state index in [0.29, 0.717) is 6.42 Å². The minimum atomic E-state index is -2.27. The summed E-state index contributed by atoms with van der Waals surface area (Å²) < 4.78 is 0. The first kappa shape index (κ1) is 24.6. The van der Waals surface area contributed by atoms with Crippen LogP contribution in [0.2, 0.25) is 0 Å². The summed E-state index contributed by atoms with van der Waals surface area (Å²) in [7, 11) is 0. The summed E-state index contributed by atoms with van der Waals surface area (Å²) in [5.41, 5.74) is 0. The van der Waals surface area contributed by atoms with Crippen molar-refractivity contribution in [3.05, 3.63) is 0 Å². The van der Waals surface area contributed by atoms with Crippen LogP contribution in [0, 0.1) is 0 Å². The molecule has 0 aliphatic heterocycles. The van der Waals surface area contributed by atoms with E-state index in [1.54, 1.807) is 0 Å². The second-order valence-corrected chi connectivity index (χ2v) is 5.54. The van der Waals surface area contributed by atoms with Crippen LogP contribution >= 0.6 is 0 Å². The predicted molar refractivity (Wildman–Crippen MR) is 86.8 cm³/mol. The van der Waals surface area contributed by atoms with E-state index in [4.69, 9.17) is 25.5 Å². The first-order valence-electron chi connectivity index (χ1n) is 8.27. The standard InChI is InChI=1S/C12H24O2.C4H6O6/c1-2-3-4-5-6-7-8-9-10-11-12(13)14;5-1(3(7)8)2(6)4(9)10/h2-11H2,1H3,(H,13,14);1-2,5-6H,(H,7,8)(H,9,10). The van der Waals surface area contributed by atoms with Crippen LogP contribution in [0.15, 0.2) is 0 Å². The van der Waals surface area contributed by atoms with Gasteiger partial charge in [-0.1, -0.05) is 58.3 Å². The third-order valence-electron chi connectivity index (χ3n) is 3.30. The highest BCUT2D eigenvalue weighted by Crippen LogP contribution is 2.10. The van der Waals surface area contributed by atoms with Crippen LogP contribution in [0.1, 0.15) is 71.1 Å². The molecule has 8 heteroatoms. The molecule has 0 fully saturated rings. The molecule has 0 aromatic carbocycles. The lowest BCUT2D eigenvalue weighted by Crippen LogP contribution is -2.39. The molecule has 24 heavy (non-hydrogen) atoms. The summed E-state index contributed by atoms with van der Waals surface area (Å²) in [6.07, 6.45) is 6.95. The highest BCUT2D eigenvalue weighted by molar-refractivity contribution is 5.83. The van der Waals surface area contributed by atoms with Gasteiger partial charge in [-0.25, -0.2) is 9.59 Å². The zero-order valence-corrected chi connectivity index (χ0v) is 14.2. The van der Waals surface area contributed by atoms with Crippen LogP contribution in [0.3, 0.4) is 0 Å². The Labute approximate surface area is 142 Å². The Morgan fingerprint density at radius 1 is 0.667 bits per heavy atom. The molecule has 0 heterocycles. The van der Waals surface area contributed by atoms with Gasteiger partial charge >= 0.3 is 17.9 Å². The molecule has 0 spiro atoms. The summed E-state index contributed by atoms with van der Waals surface area (Å²) in [6, 6.07) is 0. The molecule has 0 aliphatic carbocycles. The molecule has 2 atom stereocenters. The third kappa shape index (κ3) is 16.7. The number of hydrogen-bond acceptors (Lipinski definition) is 5. The molecule has 0 saturated carbocycles. The van der Waals surface area contributed by atoms with E-state index >= 15 is 0 Å². The van der Waals surface area contributed by atoms with Gasteiger partial charge in [-0.15, -0.1) is 0 Å². The molecule has 2 unspecified atom stereocenters. The number of hydrogen-bond donors (Lipinski definition) is 5. The van der Waals surface area contributed by atoms with E-state index in [2.05, 4.69) is 6.92 Å². The van der Waals surface area contributed by atoms with Crippen molar-refractivity contribution >= 4 is 17.9 Å². The molecule has 0 radical (unpaired) electrons. The van der Waals surface area contributed by atoms with Crippen molar-refractivity contribution in [2.45, 2.75) is 83.3 Å². The number of carboxylic acids is 3. The molecule has 0 amide bonds. The molecule has 142 valence electrons. The quantitative estimate of drug-likeness (QED) is 0.316. The molecule has 0 rings (SSSR count). The van der Waals surface area contributed by atoms with Gasteiger partial charge in [0.1, 0.15) is 0 Å². The lowest BCUT2D eigenvalue weighted by atomic mass is 10.1. The fourth-order valence-corrected chi connectivity index (χ4v) is 1.86. The number of aliphatic hydroxyl groups excluding tert-OH is 2. The number of carboxylic acid groups (broad SMARTS) is 3. The third-order valence-corrected chi connectivity index (χ3v) is 3.30. The normalized spacial score (nSPS) is 12.6. The maximum absolute atomic E-state index is 10.2. The molecule has 8 nitrogen and oxygen atoms in total. The van der Waals surface area contributed by atoms with Crippen LogP contribution in [0.5, 0.6) is 0 Å². The Kier molecular flexibility index (Phi) is 16.6. The lowest BCUT2D eigenvalue weighted by Gasteiger charge is -2.07. The van der Waals surface area contributed by atoms with E-state index in [9.17, 15) is 14.4 Å². The van der Waals surface area contributed by atoms with E-state index in [1.807, 2.05) is 0 Å². The molecule has 0 aromatic heterocycles. The van der Waals surface area contributed by atoms with Gasteiger partial charge in [-0.3, -0.25) is 4.79 Å². The Morgan fingerprint density at radius 3 is 1.29 bits per heavy atom.